The molecule has 1 aromatic rings. The minimum atomic E-state index is 0.395. The topological polar surface area (TPSA) is 20.2 Å². The molecule has 1 nitrogen and oxygen atoms in total. The highest BCUT2D eigenvalue weighted by Gasteiger charge is 2.17. The third-order valence-electron chi connectivity index (χ3n) is 2.66. The van der Waals surface area contributed by atoms with E-state index in [0.29, 0.717) is 5.75 Å². The molecule has 0 saturated heterocycles. The fraction of sp³-hybridized carbons (Fsp3) is 0.455. The van der Waals surface area contributed by atoms with Gasteiger partial charge in [-0.3, -0.25) is 0 Å². The lowest BCUT2D eigenvalue weighted by atomic mass is 9.81. The summed E-state index contributed by atoms with van der Waals surface area (Å²) in [6.07, 6.45) is 5.28. The van der Waals surface area contributed by atoms with E-state index in [9.17, 15) is 5.11 Å². The predicted octanol–water partition coefficient (Wildman–Crippen LogP) is 2.73. The maximum Gasteiger partial charge on any atom is 0.115 e. The van der Waals surface area contributed by atoms with Gasteiger partial charge in [-0.15, -0.1) is 0 Å². The van der Waals surface area contributed by atoms with Crippen molar-refractivity contribution in [1.82, 2.24) is 0 Å². The smallest absolute Gasteiger partial charge is 0.115 e. The molecule has 1 aromatic carbocycles. The fourth-order valence-electron chi connectivity index (χ4n) is 1.71. The highest BCUT2D eigenvalue weighted by Crippen LogP contribution is 2.30. The number of phenols is 1. The number of benzene rings is 1. The van der Waals surface area contributed by atoms with Crippen molar-refractivity contribution in [3.05, 3.63) is 29.8 Å². The van der Waals surface area contributed by atoms with Crippen molar-refractivity contribution in [3.8, 4) is 5.75 Å². The Morgan fingerprint density at radius 1 is 1.33 bits per heavy atom. The van der Waals surface area contributed by atoms with Gasteiger partial charge in [0.25, 0.3) is 0 Å². The van der Waals surface area contributed by atoms with Gasteiger partial charge in [0, 0.05) is 0 Å². The Kier molecular flexibility index (Phi) is 2.03. The number of hydrogen-bond donors (Lipinski definition) is 1. The predicted molar refractivity (Wildman–Crippen MR) is 49.2 cm³/mol. The van der Waals surface area contributed by atoms with Crippen LogP contribution in [-0.4, -0.2) is 5.11 Å². The van der Waals surface area contributed by atoms with Crippen LogP contribution in [0.1, 0.15) is 24.8 Å². The summed E-state index contributed by atoms with van der Waals surface area (Å²) in [7, 11) is 0. The van der Waals surface area contributed by atoms with Crippen molar-refractivity contribution in [2.45, 2.75) is 25.7 Å². The third-order valence-corrected chi connectivity index (χ3v) is 2.66. The van der Waals surface area contributed by atoms with Gasteiger partial charge in [0.2, 0.25) is 0 Å². The second-order valence-electron chi connectivity index (χ2n) is 3.67. The number of phenolic OH excluding ortho intramolecular Hbond substituents is 1. The van der Waals surface area contributed by atoms with Crippen LogP contribution in [0.25, 0.3) is 0 Å². The molecule has 0 heterocycles. The summed E-state index contributed by atoms with van der Waals surface area (Å²) in [4.78, 5) is 0. The minimum Gasteiger partial charge on any atom is -0.508 e. The average Bonchev–Trinajstić information content (AvgIpc) is 1.97. The van der Waals surface area contributed by atoms with Gasteiger partial charge >= 0.3 is 0 Å². The monoisotopic (exact) mass is 162 g/mol. The van der Waals surface area contributed by atoms with Crippen LogP contribution < -0.4 is 0 Å². The van der Waals surface area contributed by atoms with Crippen LogP contribution in [0.2, 0.25) is 0 Å². The molecule has 1 fully saturated rings. The van der Waals surface area contributed by atoms with Crippen LogP contribution >= 0.6 is 0 Å². The van der Waals surface area contributed by atoms with E-state index in [-0.39, 0.29) is 0 Å². The lowest BCUT2D eigenvalue weighted by Crippen LogP contribution is -2.13. The SMILES string of the molecule is Oc1cccc(CC2CCC2)c1. The molecule has 0 amide bonds. The van der Waals surface area contributed by atoms with Crippen molar-refractivity contribution >= 4 is 0 Å². The second-order valence-corrected chi connectivity index (χ2v) is 3.67. The normalized spacial score (nSPS) is 17.3. The first-order valence-corrected chi connectivity index (χ1v) is 4.62. The first-order valence-electron chi connectivity index (χ1n) is 4.62. The Bertz CT molecular complexity index is 263. The van der Waals surface area contributed by atoms with Crippen molar-refractivity contribution in [1.29, 1.82) is 0 Å². The second kappa shape index (κ2) is 3.18. The highest BCUT2D eigenvalue weighted by atomic mass is 16.3. The lowest BCUT2D eigenvalue weighted by Gasteiger charge is -2.25. The van der Waals surface area contributed by atoms with Gasteiger partial charge in [0.15, 0.2) is 0 Å². The van der Waals surface area contributed by atoms with E-state index >= 15 is 0 Å². The van der Waals surface area contributed by atoms with Crippen molar-refractivity contribution in [3.63, 3.8) is 0 Å². The number of rotatable bonds is 2. The molecule has 1 heteroatoms. The van der Waals surface area contributed by atoms with Gasteiger partial charge in [-0.2, -0.15) is 0 Å². The van der Waals surface area contributed by atoms with Crippen LogP contribution in [0.3, 0.4) is 0 Å². The van der Waals surface area contributed by atoms with Gasteiger partial charge in [0.05, 0.1) is 0 Å². The van der Waals surface area contributed by atoms with Gasteiger partial charge in [-0.1, -0.05) is 31.4 Å². The third kappa shape index (κ3) is 1.60. The molecule has 1 aliphatic rings. The Morgan fingerprint density at radius 3 is 2.75 bits per heavy atom. The summed E-state index contributed by atoms with van der Waals surface area (Å²) in [6.45, 7) is 0. The molecule has 1 aliphatic carbocycles. The van der Waals surface area contributed by atoms with Crippen LogP contribution in [0.4, 0.5) is 0 Å². The molecule has 0 bridgehead atoms. The van der Waals surface area contributed by atoms with Gasteiger partial charge in [-0.05, 0) is 30.0 Å². The quantitative estimate of drug-likeness (QED) is 0.709. The first kappa shape index (κ1) is 7.66. The average molecular weight is 162 g/mol. The molecule has 12 heavy (non-hydrogen) atoms. The van der Waals surface area contributed by atoms with Crippen LogP contribution in [0, 0.1) is 5.92 Å². The molecule has 1 saturated carbocycles. The van der Waals surface area contributed by atoms with Crippen molar-refractivity contribution in [2.75, 3.05) is 0 Å². The molecule has 0 spiro atoms. The van der Waals surface area contributed by atoms with E-state index in [1.807, 2.05) is 12.1 Å². The highest BCUT2D eigenvalue weighted by molar-refractivity contribution is 5.27. The summed E-state index contributed by atoms with van der Waals surface area (Å²) in [6, 6.07) is 7.62. The Balaban J connectivity index is 2.02. The van der Waals surface area contributed by atoms with E-state index in [1.165, 1.54) is 24.8 Å². The molecule has 0 radical (unpaired) electrons. The maximum absolute atomic E-state index is 9.22. The molecule has 0 atom stereocenters. The maximum atomic E-state index is 9.22. The molecule has 64 valence electrons. The van der Waals surface area contributed by atoms with Crippen LogP contribution in [0.5, 0.6) is 5.75 Å². The minimum absolute atomic E-state index is 0.395. The molecule has 0 aliphatic heterocycles. The Morgan fingerprint density at radius 2 is 2.17 bits per heavy atom. The first-order chi connectivity index (χ1) is 5.84. The summed E-state index contributed by atoms with van der Waals surface area (Å²) < 4.78 is 0. The van der Waals surface area contributed by atoms with Crippen LogP contribution in [-0.2, 0) is 6.42 Å². The zero-order chi connectivity index (χ0) is 8.39. The van der Waals surface area contributed by atoms with Gasteiger partial charge in [-0.25, -0.2) is 0 Å². The molecular weight excluding hydrogens is 148 g/mol. The van der Waals surface area contributed by atoms with E-state index < -0.39 is 0 Å². The fourth-order valence-corrected chi connectivity index (χ4v) is 1.71. The summed E-state index contributed by atoms with van der Waals surface area (Å²) in [5.41, 5.74) is 1.28. The van der Waals surface area contributed by atoms with Crippen molar-refractivity contribution < 1.29 is 5.11 Å². The van der Waals surface area contributed by atoms with Crippen LogP contribution in [0.15, 0.2) is 24.3 Å². The lowest BCUT2D eigenvalue weighted by molar-refractivity contribution is 0.314. The summed E-state index contributed by atoms with van der Waals surface area (Å²) in [5, 5.41) is 9.22. The zero-order valence-electron chi connectivity index (χ0n) is 7.16. The van der Waals surface area contributed by atoms with E-state index in [2.05, 4.69) is 6.07 Å². The van der Waals surface area contributed by atoms with Crippen molar-refractivity contribution in [2.24, 2.45) is 5.92 Å². The van der Waals surface area contributed by atoms with Gasteiger partial charge in [0.1, 0.15) is 5.75 Å². The summed E-state index contributed by atoms with van der Waals surface area (Å²) in [5.74, 6) is 1.28. The largest absolute Gasteiger partial charge is 0.508 e. The molecule has 0 unspecified atom stereocenters. The standard InChI is InChI=1S/C11H14O/c12-11-6-2-5-10(8-11)7-9-3-1-4-9/h2,5-6,8-9,12H,1,3-4,7H2. The number of hydrogen-bond acceptors (Lipinski definition) is 1. The number of aromatic hydroxyl groups is 1. The van der Waals surface area contributed by atoms with E-state index in [4.69, 9.17) is 0 Å². The van der Waals surface area contributed by atoms with E-state index in [1.54, 1.807) is 6.07 Å². The van der Waals surface area contributed by atoms with E-state index in [0.717, 1.165) is 12.3 Å². The molecular formula is C11H14O. The summed E-state index contributed by atoms with van der Waals surface area (Å²) >= 11 is 0. The Labute approximate surface area is 73.0 Å². The molecule has 0 aromatic heterocycles. The Hall–Kier alpha value is -0.980. The zero-order valence-corrected chi connectivity index (χ0v) is 7.16. The molecule has 1 N–H and O–H groups in total. The van der Waals surface area contributed by atoms with Gasteiger partial charge < -0.3 is 5.11 Å². The molecule has 2 rings (SSSR count).